The van der Waals surface area contributed by atoms with Gasteiger partial charge in [-0.25, -0.2) is 0 Å². The van der Waals surface area contributed by atoms with Crippen LogP contribution in [0.25, 0.3) is 6.08 Å². The lowest BCUT2D eigenvalue weighted by Crippen LogP contribution is -2.32. The number of thiocarbonyl (C=S) groups is 1. The van der Waals surface area contributed by atoms with Crippen molar-refractivity contribution < 1.29 is 14.3 Å². The van der Waals surface area contributed by atoms with Gasteiger partial charge >= 0.3 is 0 Å². The third kappa shape index (κ3) is 6.22. The summed E-state index contributed by atoms with van der Waals surface area (Å²) in [5.74, 6) is 1.12. The first-order valence-corrected chi connectivity index (χ1v) is 8.69. The second-order valence-corrected chi connectivity index (χ2v) is 5.80. The van der Waals surface area contributed by atoms with E-state index >= 15 is 0 Å². The fourth-order valence-corrected chi connectivity index (χ4v) is 2.39. The monoisotopic (exact) mass is 370 g/mol. The highest BCUT2D eigenvalue weighted by Crippen LogP contribution is 2.19. The Morgan fingerprint density at radius 2 is 2.00 bits per heavy atom. The summed E-state index contributed by atoms with van der Waals surface area (Å²) in [5.41, 5.74) is 1.56. The minimum absolute atomic E-state index is 0.215. The zero-order valence-electron chi connectivity index (χ0n) is 14.8. The molecule has 136 valence electrons. The van der Waals surface area contributed by atoms with Crippen molar-refractivity contribution >= 4 is 35.0 Å². The Bertz CT molecular complexity index is 790. The fraction of sp³-hybridized carbons (Fsp3) is 0.200. The number of para-hydroxylation sites is 1. The van der Waals surface area contributed by atoms with E-state index in [0.29, 0.717) is 12.4 Å². The number of carbonyl (C=O) groups is 1. The van der Waals surface area contributed by atoms with Gasteiger partial charge in [0.2, 0.25) is 5.91 Å². The van der Waals surface area contributed by atoms with E-state index in [-0.39, 0.29) is 11.0 Å². The van der Waals surface area contributed by atoms with E-state index in [2.05, 4.69) is 10.6 Å². The SMILES string of the molecule is CCCOc1cccc(NC(=S)NC(=O)/C=C/c2ccccc2OC)c1. The van der Waals surface area contributed by atoms with Gasteiger partial charge in [-0.3, -0.25) is 10.1 Å². The highest BCUT2D eigenvalue weighted by atomic mass is 32.1. The Hall–Kier alpha value is -2.86. The maximum absolute atomic E-state index is 12.0. The van der Waals surface area contributed by atoms with Gasteiger partial charge in [-0.05, 0) is 42.9 Å². The molecule has 6 heteroatoms. The number of anilines is 1. The van der Waals surface area contributed by atoms with Gasteiger partial charge in [-0.1, -0.05) is 31.2 Å². The zero-order chi connectivity index (χ0) is 18.8. The second-order valence-electron chi connectivity index (χ2n) is 5.39. The molecule has 0 heterocycles. The maximum Gasteiger partial charge on any atom is 0.250 e. The van der Waals surface area contributed by atoms with E-state index in [9.17, 15) is 4.79 Å². The Kier molecular flexibility index (Phi) is 7.64. The lowest BCUT2D eigenvalue weighted by molar-refractivity contribution is -0.115. The van der Waals surface area contributed by atoms with Crippen molar-refractivity contribution in [2.24, 2.45) is 0 Å². The van der Waals surface area contributed by atoms with Crippen molar-refractivity contribution in [1.82, 2.24) is 5.32 Å². The molecule has 0 aliphatic rings. The lowest BCUT2D eigenvalue weighted by atomic mass is 10.2. The molecule has 0 aromatic heterocycles. The van der Waals surface area contributed by atoms with Crippen LogP contribution in [-0.2, 0) is 4.79 Å². The molecule has 2 N–H and O–H groups in total. The van der Waals surface area contributed by atoms with Gasteiger partial charge in [0.25, 0.3) is 0 Å². The number of amides is 1. The minimum Gasteiger partial charge on any atom is -0.496 e. The molecule has 2 aromatic carbocycles. The number of rotatable bonds is 7. The number of hydrogen-bond donors (Lipinski definition) is 2. The van der Waals surface area contributed by atoms with E-state index in [4.69, 9.17) is 21.7 Å². The Balaban J connectivity index is 1.91. The molecule has 1 amide bonds. The number of benzene rings is 2. The molecule has 0 unspecified atom stereocenters. The third-order valence-corrected chi connectivity index (χ3v) is 3.56. The van der Waals surface area contributed by atoms with Gasteiger partial charge < -0.3 is 14.8 Å². The van der Waals surface area contributed by atoms with Crippen molar-refractivity contribution in [3.05, 3.63) is 60.2 Å². The van der Waals surface area contributed by atoms with Crippen LogP contribution in [0.2, 0.25) is 0 Å². The summed E-state index contributed by atoms with van der Waals surface area (Å²) in [5, 5.41) is 5.80. The maximum atomic E-state index is 12.0. The van der Waals surface area contributed by atoms with Crippen molar-refractivity contribution in [2.75, 3.05) is 19.0 Å². The normalized spacial score (nSPS) is 10.4. The van der Waals surface area contributed by atoms with Crippen LogP contribution in [-0.4, -0.2) is 24.7 Å². The summed E-state index contributed by atoms with van der Waals surface area (Å²) in [6.07, 6.45) is 4.02. The molecule has 0 saturated carbocycles. The summed E-state index contributed by atoms with van der Waals surface area (Å²) < 4.78 is 10.8. The molecule has 0 aliphatic heterocycles. The van der Waals surface area contributed by atoms with Crippen molar-refractivity contribution in [2.45, 2.75) is 13.3 Å². The number of nitrogens with one attached hydrogen (secondary N) is 2. The number of carbonyl (C=O) groups excluding carboxylic acids is 1. The van der Waals surface area contributed by atoms with Crippen LogP contribution in [0.1, 0.15) is 18.9 Å². The molecule has 0 atom stereocenters. The van der Waals surface area contributed by atoms with E-state index in [1.807, 2.05) is 55.5 Å². The van der Waals surface area contributed by atoms with E-state index in [1.54, 1.807) is 13.2 Å². The molecule has 0 saturated heterocycles. The van der Waals surface area contributed by atoms with Crippen molar-refractivity contribution in [3.63, 3.8) is 0 Å². The summed E-state index contributed by atoms with van der Waals surface area (Å²) in [4.78, 5) is 12.0. The molecule has 5 nitrogen and oxygen atoms in total. The van der Waals surface area contributed by atoms with E-state index in [1.165, 1.54) is 6.08 Å². The Morgan fingerprint density at radius 1 is 1.19 bits per heavy atom. The van der Waals surface area contributed by atoms with Gasteiger partial charge in [-0.15, -0.1) is 0 Å². The summed E-state index contributed by atoms with van der Waals surface area (Å²) in [6.45, 7) is 2.70. The predicted molar refractivity (Wildman–Crippen MR) is 109 cm³/mol. The Labute approximate surface area is 159 Å². The van der Waals surface area contributed by atoms with Crippen molar-refractivity contribution in [3.8, 4) is 11.5 Å². The molecular weight excluding hydrogens is 348 g/mol. The number of methoxy groups -OCH3 is 1. The van der Waals surface area contributed by atoms with Crippen LogP contribution >= 0.6 is 12.2 Å². The second kappa shape index (κ2) is 10.2. The first kappa shape index (κ1) is 19.5. The predicted octanol–water partition coefficient (Wildman–Crippen LogP) is 4.01. The van der Waals surface area contributed by atoms with Gasteiger partial charge in [0.15, 0.2) is 5.11 Å². The first-order chi connectivity index (χ1) is 12.6. The smallest absolute Gasteiger partial charge is 0.250 e. The van der Waals surface area contributed by atoms with Crippen LogP contribution in [0.3, 0.4) is 0 Å². The largest absolute Gasteiger partial charge is 0.496 e. The first-order valence-electron chi connectivity index (χ1n) is 8.28. The van der Waals surface area contributed by atoms with Crippen molar-refractivity contribution in [1.29, 1.82) is 0 Å². The van der Waals surface area contributed by atoms with E-state index < -0.39 is 0 Å². The third-order valence-electron chi connectivity index (χ3n) is 3.35. The highest BCUT2D eigenvalue weighted by molar-refractivity contribution is 7.80. The summed E-state index contributed by atoms with van der Waals surface area (Å²) in [7, 11) is 1.59. The minimum atomic E-state index is -0.327. The van der Waals surface area contributed by atoms with Gasteiger partial charge in [-0.2, -0.15) is 0 Å². The molecular formula is C20H22N2O3S. The van der Waals surface area contributed by atoms with Crippen LogP contribution in [0, 0.1) is 0 Å². The molecule has 26 heavy (non-hydrogen) atoms. The molecule has 2 aromatic rings. The number of ether oxygens (including phenoxy) is 2. The lowest BCUT2D eigenvalue weighted by Gasteiger charge is -2.10. The molecule has 0 radical (unpaired) electrons. The average Bonchev–Trinajstić information content (AvgIpc) is 2.65. The number of hydrogen-bond acceptors (Lipinski definition) is 4. The molecule has 0 fully saturated rings. The quantitative estimate of drug-likeness (QED) is 0.570. The van der Waals surface area contributed by atoms with Crippen LogP contribution < -0.4 is 20.1 Å². The van der Waals surface area contributed by atoms with Gasteiger partial charge in [0.1, 0.15) is 11.5 Å². The average molecular weight is 370 g/mol. The standard InChI is InChI=1S/C20H22N2O3S/c1-3-13-25-17-9-6-8-16(14-17)21-20(26)22-19(23)12-11-15-7-4-5-10-18(15)24-2/h4-12,14H,3,13H2,1-2H3,(H2,21,22,23,26)/b12-11+. The Morgan fingerprint density at radius 3 is 2.77 bits per heavy atom. The molecule has 0 spiro atoms. The van der Waals surface area contributed by atoms with Crippen LogP contribution in [0.4, 0.5) is 5.69 Å². The molecule has 0 bridgehead atoms. The summed E-state index contributed by atoms with van der Waals surface area (Å²) in [6, 6.07) is 14.9. The fourth-order valence-electron chi connectivity index (χ4n) is 2.17. The van der Waals surface area contributed by atoms with Crippen LogP contribution in [0.15, 0.2) is 54.6 Å². The molecule has 0 aliphatic carbocycles. The highest BCUT2D eigenvalue weighted by Gasteiger charge is 2.04. The van der Waals surface area contributed by atoms with Crippen LogP contribution in [0.5, 0.6) is 11.5 Å². The topological polar surface area (TPSA) is 59.6 Å². The molecule has 2 rings (SSSR count). The van der Waals surface area contributed by atoms with Gasteiger partial charge in [0.05, 0.1) is 13.7 Å². The zero-order valence-corrected chi connectivity index (χ0v) is 15.6. The van der Waals surface area contributed by atoms with Gasteiger partial charge in [0, 0.05) is 23.4 Å². The van der Waals surface area contributed by atoms with E-state index in [0.717, 1.165) is 23.4 Å². The summed E-state index contributed by atoms with van der Waals surface area (Å²) >= 11 is 5.18.